The topological polar surface area (TPSA) is 35.2 Å². The van der Waals surface area contributed by atoms with Gasteiger partial charge in [0.15, 0.2) is 0 Å². The average molecular weight is 284 g/mol. The molecule has 0 atom stereocenters. The van der Waals surface area contributed by atoms with Gasteiger partial charge in [0.2, 0.25) is 0 Å². The minimum Gasteiger partial charge on any atom is -0.491 e. The van der Waals surface area contributed by atoms with E-state index in [1.165, 1.54) is 32.1 Å². The fourth-order valence-corrected chi connectivity index (χ4v) is 2.53. The molecule has 0 unspecified atom stereocenters. The van der Waals surface area contributed by atoms with Gasteiger partial charge in [-0.05, 0) is 37.0 Å². The van der Waals surface area contributed by atoms with Gasteiger partial charge in [-0.2, -0.15) is 0 Å². The number of rotatable bonds is 3. The van der Waals surface area contributed by atoms with Crippen molar-refractivity contribution in [2.45, 2.75) is 32.1 Å². The highest BCUT2D eigenvalue weighted by Gasteiger charge is 2.14. The molecule has 2 N–H and O–H groups in total. The summed E-state index contributed by atoms with van der Waals surface area (Å²) < 4.78 is 6.82. The second kappa shape index (κ2) is 5.58. The smallest absolute Gasteiger partial charge is 0.143 e. The third-order valence-corrected chi connectivity index (χ3v) is 3.67. The summed E-state index contributed by atoms with van der Waals surface area (Å²) >= 11 is 3.43. The van der Waals surface area contributed by atoms with Crippen molar-refractivity contribution in [2.24, 2.45) is 5.92 Å². The molecule has 0 spiro atoms. The molecule has 16 heavy (non-hydrogen) atoms. The van der Waals surface area contributed by atoms with Crippen LogP contribution in [0.25, 0.3) is 0 Å². The second-order valence-electron chi connectivity index (χ2n) is 4.50. The van der Waals surface area contributed by atoms with Crippen molar-refractivity contribution in [1.29, 1.82) is 0 Å². The summed E-state index contributed by atoms with van der Waals surface area (Å²) in [5.74, 6) is 1.52. The number of nitrogen functional groups attached to an aromatic ring is 1. The minimum absolute atomic E-state index is 0.715. The Morgan fingerprint density at radius 2 is 2.00 bits per heavy atom. The molecule has 1 aromatic rings. The number of halogens is 1. The van der Waals surface area contributed by atoms with Crippen molar-refractivity contribution in [3.05, 3.63) is 22.7 Å². The van der Waals surface area contributed by atoms with E-state index in [4.69, 9.17) is 10.5 Å². The molecule has 1 aliphatic rings. The lowest BCUT2D eigenvalue weighted by atomic mass is 9.90. The molecule has 0 amide bonds. The molecule has 2 rings (SSSR count). The Morgan fingerprint density at radius 3 is 2.75 bits per heavy atom. The van der Waals surface area contributed by atoms with Crippen LogP contribution in [0, 0.1) is 5.92 Å². The van der Waals surface area contributed by atoms with Gasteiger partial charge in [0.05, 0.1) is 12.3 Å². The van der Waals surface area contributed by atoms with Crippen LogP contribution in [0.5, 0.6) is 5.75 Å². The van der Waals surface area contributed by atoms with Gasteiger partial charge in [-0.3, -0.25) is 0 Å². The van der Waals surface area contributed by atoms with Crippen molar-refractivity contribution in [3.63, 3.8) is 0 Å². The number of anilines is 1. The largest absolute Gasteiger partial charge is 0.491 e. The molecule has 88 valence electrons. The van der Waals surface area contributed by atoms with Crippen LogP contribution >= 0.6 is 15.9 Å². The van der Waals surface area contributed by atoms with Gasteiger partial charge in [-0.25, -0.2) is 0 Å². The van der Waals surface area contributed by atoms with E-state index in [1.807, 2.05) is 18.2 Å². The first-order valence-electron chi connectivity index (χ1n) is 5.93. The number of hydrogen-bond acceptors (Lipinski definition) is 2. The van der Waals surface area contributed by atoms with Gasteiger partial charge in [-0.15, -0.1) is 0 Å². The molecule has 0 aliphatic heterocycles. The lowest BCUT2D eigenvalue weighted by molar-refractivity contribution is 0.209. The highest BCUT2D eigenvalue weighted by atomic mass is 79.9. The third-order valence-electron chi connectivity index (χ3n) is 3.17. The van der Waals surface area contributed by atoms with Crippen LogP contribution in [-0.2, 0) is 0 Å². The summed E-state index contributed by atoms with van der Waals surface area (Å²) in [5.41, 5.74) is 6.58. The Kier molecular flexibility index (Phi) is 4.10. The quantitative estimate of drug-likeness (QED) is 0.852. The van der Waals surface area contributed by atoms with Crippen LogP contribution in [0.3, 0.4) is 0 Å². The highest BCUT2D eigenvalue weighted by molar-refractivity contribution is 9.10. The fraction of sp³-hybridized carbons (Fsp3) is 0.538. The Labute approximate surface area is 105 Å². The van der Waals surface area contributed by atoms with E-state index >= 15 is 0 Å². The van der Waals surface area contributed by atoms with Gasteiger partial charge in [0.1, 0.15) is 5.75 Å². The lowest BCUT2D eigenvalue weighted by Gasteiger charge is -2.22. The van der Waals surface area contributed by atoms with E-state index in [9.17, 15) is 0 Å². The zero-order valence-electron chi connectivity index (χ0n) is 9.42. The number of hydrogen-bond donors (Lipinski definition) is 1. The van der Waals surface area contributed by atoms with Crippen LogP contribution in [0.1, 0.15) is 32.1 Å². The molecule has 0 saturated heterocycles. The molecule has 0 heterocycles. The SMILES string of the molecule is Nc1ccc(Br)cc1OCC1CCCCC1. The van der Waals surface area contributed by atoms with Crippen LogP contribution < -0.4 is 10.5 Å². The number of benzene rings is 1. The van der Waals surface area contributed by atoms with Crippen molar-refractivity contribution in [3.8, 4) is 5.75 Å². The highest BCUT2D eigenvalue weighted by Crippen LogP contribution is 2.28. The molecule has 0 aromatic heterocycles. The lowest BCUT2D eigenvalue weighted by Crippen LogP contribution is -2.15. The first-order valence-corrected chi connectivity index (χ1v) is 6.73. The summed E-state index contributed by atoms with van der Waals surface area (Å²) in [7, 11) is 0. The Morgan fingerprint density at radius 1 is 1.25 bits per heavy atom. The van der Waals surface area contributed by atoms with E-state index in [1.54, 1.807) is 0 Å². The van der Waals surface area contributed by atoms with Crippen LogP contribution in [0.2, 0.25) is 0 Å². The van der Waals surface area contributed by atoms with Gasteiger partial charge in [-0.1, -0.05) is 35.2 Å². The molecule has 0 bridgehead atoms. The predicted octanol–water partition coefficient (Wildman–Crippen LogP) is 3.99. The summed E-state index contributed by atoms with van der Waals surface area (Å²) in [6.07, 6.45) is 6.68. The van der Waals surface area contributed by atoms with Crippen molar-refractivity contribution >= 4 is 21.6 Å². The predicted molar refractivity (Wildman–Crippen MR) is 70.6 cm³/mol. The Hall–Kier alpha value is -0.700. The van der Waals surface area contributed by atoms with E-state index in [0.717, 1.165) is 22.5 Å². The third kappa shape index (κ3) is 3.14. The van der Waals surface area contributed by atoms with Gasteiger partial charge < -0.3 is 10.5 Å². The number of nitrogens with two attached hydrogens (primary N) is 1. The second-order valence-corrected chi connectivity index (χ2v) is 5.41. The summed E-state index contributed by atoms with van der Waals surface area (Å²) in [6, 6.07) is 5.75. The van der Waals surface area contributed by atoms with E-state index in [-0.39, 0.29) is 0 Å². The molecule has 0 radical (unpaired) electrons. The molecular weight excluding hydrogens is 266 g/mol. The van der Waals surface area contributed by atoms with Gasteiger partial charge in [0.25, 0.3) is 0 Å². The Balaban J connectivity index is 1.90. The molecule has 1 aromatic carbocycles. The van der Waals surface area contributed by atoms with E-state index in [2.05, 4.69) is 15.9 Å². The maximum atomic E-state index is 5.86. The summed E-state index contributed by atoms with van der Waals surface area (Å²) in [6.45, 7) is 0.806. The van der Waals surface area contributed by atoms with E-state index in [0.29, 0.717) is 5.92 Å². The zero-order valence-corrected chi connectivity index (χ0v) is 11.0. The fourth-order valence-electron chi connectivity index (χ4n) is 2.19. The average Bonchev–Trinajstić information content (AvgIpc) is 2.32. The van der Waals surface area contributed by atoms with Gasteiger partial charge >= 0.3 is 0 Å². The maximum Gasteiger partial charge on any atom is 0.143 e. The maximum absolute atomic E-state index is 5.86. The molecule has 1 aliphatic carbocycles. The first kappa shape index (κ1) is 11.8. The molecule has 1 saturated carbocycles. The summed E-state index contributed by atoms with van der Waals surface area (Å²) in [4.78, 5) is 0. The standard InChI is InChI=1S/C13H18BrNO/c14-11-6-7-12(15)13(8-11)16-9-10-4-2-1-3-5-10/h6-8,10H,1-5,9,15H2. The van der Waals surface area contributed by atoms with Crippen LogP contribution in [-0.4, -0.2) is 6.61 Å². The van der Waals surface area contributed by atoms with Crippen molar-refractivity contribution in [1.82, 2.24) is 0 Å². The van der Waals surface area contributed by atoms with Crippen LogP contribution in [0.4, 0.5) is 5.69 Å². The summed E-state index contributed by atoms with van der Waals surface area (Å²) in [5, 5.41) is 0. The minimum atomic E-state index is 0.715. The molecular formula is C13H18BrNO. The van der Waals surface area contributed by atoms with Crippen LogP contribution in [0.15, 0.2) is 22.7 Å². The van der Waals surface area contributed by atoms with Crippen molar-refractivity contribution < 1.29 is 4.74 Å². The molecule has 1 fully saturated rings. The molecule has 2 nitrogen and oxygen atoms in total. The molecule has 3 heteroatoms. The normalized spacial score (nSPS) is 17.3. The van der Waals surface area contributed by atoms with Gasteiger partial charge in [0, 0.05) is 4.47 Å². The monoisotopic (exact) mass is 283 g/mol. The number of ether oxygens (including phenoxy) is 1. The van der Waals surface area contributed by atoms with Crippen molar-refractivity contribution in [2.75, 3.05) is 12.3 Å². The first-order chi connectivity index (χ1) is 7.75. The zero-order chi connectivity index (χ0) is 11.4. The Bertz CT molecular complexity index is 348. The van der Waals surface area contributed by atoms with E-state index < -0.39 is 0 Å².